The minimum absolute atomic E-state index is 0.0932. The molecule has 26 heavy (non-hydrogen) atoms. The molecule has 1 fully saturated rings. The maximum absolute atomic E-state index is 12.4. The molecule has 1 aliphatic heterocycles. The zero-order chi connectivity index (χ0) is 18.1. The Hall–Kier alpha value is -2.69. The maximum atomic E-state index is 12.4. The average Bonchev–Trinajstić information content (AvgIpc) is 2.69. The van der Waals surface area contributed by atoms with Crippen molar-refractivity contribution >= 4 is 16.6 Å². The van der Waals surface area contributed by atoms with E-state index in [9.17, 15) is 4.79 Å². The zero-order valence-electron chi connectivity index (χ0n) is 15.4. The molecule has 0 amide bonds. The van der Waals surface area contributed by atoms with E-state index in [0.717, 1.165) is 49.6 Å². The topological polar surface area (TPSA) is 51.0 Å². The molecule has 0 N–H and O–H groups in total. The molecule has 0 unspecified atom stereocenters. The van der Waals surface area contributed by atoms with Crippen LogP contribution in [0.2, 0.25) is 0 Å². The highest BCUT2D eigenvalue weighted by molar-refractivity contribution is 5.92. The second kappa shape index (κ2) is 6.90. The number of piperidine rings is 1. The van der Waals surface area contributed by atoms with Gasteiger partial charge in [0.15, 0.2) is 0 Å². The van der Waals surface area contributed by atoms with Crippen LogP contribution in [0.25, 0.3) is 10.8 Å². The van der Waals surface area contributed by atoms with E-state index < -0.39 is 0 Å². The van der Waals surface area contributed by atoms with Gasteiger partial charge in [0.1, 0.15) is 5.82 Å². The summed E-state index contributed by atoms with van der Waals surface area (Å²) >= 11 is 0. The summed E-state index contributed by atoms with van der Waals surface area (Å²) in [5, 5.41) is 2.44. The van der Waals surface area contributed by atoms with E-state index in [1.807, 2.05) is 20.0 Å². The molecule has 3 heterocycles. The third-order valence-electron chi connectivity index (χ3n) is 5.54. The van der Waals surface area contributed by atoms with Gasteiger partial charge >= 0.3 is 0 Å². The van der Waals surface area contributed by atoms with E-state index >= 15 is 0 Å². The molecule has 0 radical (unpaired) electrons. The normalized spacial score (nSPS) is 15.5. The fourth-order valence-corrected chi connectivity index (χ4v) is 3.77. The van der Waals surface area contributed by atoms with E-state index in [-0.39, 0.29) is 5.56 Å². The first kappa shape index (κ1) is 16.8. The van der Waals surface area contributed by atoms with Crippen LogP contribution in [-0.4, -0.2) is 27.6 Å². The molecule has 2 aromatic heterocycles. The Kier molecular flexibility index (Phi) is 4.45. The second-order valence-electron chi connectivity index (χ2n) is 7.20. The summed E-state index contributed by atoms with van der Waals surface area (Å²) in [6.45, 7) is 6.44. The summed E-state index contributed by atoms with van der Waals surface area (Å²) in [6, 6.07) is 10.5. The predicted octanol–water partition coefficient (Wildman–Crippen LogP) is 3.32. The minimum Gasteiger partial charge on any atom is -0.356 e. The van der Waals surface area contributed by atoms with Crippen LogP contribution >= 0.6 is 0 Å². The van der Waals surface area contributed by atoms with Gasteiger partial charge in [-0.3, -0.25) is 9.36 Å². The third-order valence-corrected chi connectivity index (χ3v) is 5.54. The molecule has 5 heteroatoms. The number of pyridine rings is 1. The van der Waals surface area contributed by atoms with Gasteiger partial charge < -0.3 is 4.90 Å². The van der Waals surface area contributed by atoms with Crippen molar-refractivity contribution in [2.24, 2.45) is 5.92 Å². The highest BCUT2D eigenvalue weighted by Gasteiger charge is 2.22. The number of nitrogens with zero attached hydrogens (tertiary/aromatic N) is 4. The van der Waals surface area contributed by atoms with Crippen molar-refractivity contribution in [2.75, 3.05) is 18.0 Å². The smallest absolute Gasteiger partial charge is 0.256 e. The van der Waals surface area contributed by atoms with Gasteiger partial charge in [-0.25, -0.2) is 9.97 Å². The monoisotopic (exact) mass is 348 g/mol. The van der Waals surface area contributed by atoms with Crippen molar-refractivity contribution in [1.29, 1.82) is 0 Å². The number of benzene rings is 1. The largest absolute Gasteiger partial charge is 0.356 e. The summed E-state index contributed by atoms with van der Waals surface area (Å²) in [5.41, 5.74) is 1.67. The summed E-state index contributed by atoms with van der Waals surface area (Å²) in [5.74, 6) is 1.58. The van der Waals surface area contributed by atoms with E-state index in [1.54, 1.807) is 10.9 Å². The molecular weight excluding hydrogens is 324 g/mol. The SMILES string of the molecule is Cc1ncn(CC2CCN(c3nccc4ccccc34)CC2)c(=O)c1C. The fourth-order valence-electron chi connectivity index (χ4n) is 3.77. The van der Waals surface area contributed by atoms with Gasteiger partial charge in [0.25, 0.3) is 5.56 Å². The van der Waals surface area contributed by atoms with Crippen LogP contribution in [-0.2, 0) is 6.54 Å². The third kappa shape index (κ3) is 3.09. The van der Waals surface area contributed by atoms with Crippen molar-refractivity contribution in [2.45, 2.75) is 33.2 Å². The van der Waals surface area contributed by atoms with E-state index in [4.69, 9.17) is 0 Å². The van der Waals surface area contributed by atoms with Crippen LogP contribution < -0.4 is 10.5 Å². The average molecular weight is 348 g/mol. The lowest BCUT2D eigenvalue weighted by Crippen LogP contribution is -2.37. The quantitative estimate of drug-likeness (QED) is 0.728. The Labute approximate surface area is 153 Å². The molecule has 0 atom stereocenters. The lowest BCUT2D eigenvalue weighted by Gasteiger charge is -2.33. The van der Waals surface area contributed by atoms with Gasteiger partial charge in [-0.05, 0) is 44.1 Å². The Morgan fingerprint density at radius 1 is 1.08 bits per heavy atom. The van der Waals surface area contributed by atoms with Crippen molar-refractivity contribution in [3.63, 3.8) is 0 Å². The number of fused-ring (bicyclic) bond motifs is 1. The molecule has 1 aliphatic rings. The van der Waals surface area contributed by atoms with E-state index in [2.05, 4.69) is 45.2 Å². The number of hydrogen-bond acceptors (Lipinski definition) is 4. The van der Waals surface area contributed by atoms with Crippen molar-refractivity contribution in [3.05, 3.63) is 64.5 Å². The maximum Gasteiger partial charge on any atom is 0.256 e. The second-order valence-corrected chi connectivity index (χ2v) is 7.20. The molecular formula is C21H24N4O. The van der Waals surface area contributed by atoms with Crippen LogP contribution in [0.5, 0.6) is 0 Å². The van der Waals surface area contributed by atoms with Gasteiger partial charge in [0.05, 0.1) is 6.33 Å². The fraction of sp³-hybridized carbons (Fsp3) is 0.381. The Morgan fingerprint density at radius 3 is 2.65 bits per heavy atom. The van der Waals surface area contributed by atoms with Crippen LogP contribution in [0.3, 0.4) is 0 Å². The number of rotatable bonds is 3. The Bertz CT molecular complexity index is 981. The van der Waals surface area contributed by atoms with Gasteiger partial charge in [-0.15, -0.1) is 0 Å². The number of hydrogen-bond donors (Lipinski definition) is 0. The molecule has 0 saturated carbocycles. The number of aromatic nitrogens is 3. The Morgan fingerprint density at radius 2 is 1.85 bits per heavy atom. The molecule has 0 aliphatic carbocycles. The van der Waals surface area contributed by atoms with Crippen molar-refractivity contribution < 1.29 is 0 Å². The Balaban J connectivity index is 1.48. The molecule has 134 valence electrons. The van der Waals surface area contributed by atoms with Crippen molar-refractivity contribution in [3.8, 4) is 0 Å². The molecule has 4 rings (SSSR count). The molecule has 0 bridgehead atoms. The van der Waals surface area contributed by atoms with Crippen LogP contribution in [0, 0.1) is 19.8 Å². The van der Waals surface area contributed by atoms with Crippen LogP contribution in [0.15, 0.2) is 47.7 Å². The predicted molar refractivity (Wildman–Crippen MR) is 105 cm³/mol. The first-order chi connectivity index (χ1) is 12.6. The van der Waals surface area contributed by atoms with Gasteiger partial charge in [-0.1, -0.05) is 24.3 Å². The minimum atomic E-state index is 0.0932. The summed E-state index contributed by atoms with van der Waals surface area (Å²) in [6.07, 6.45) is 5.71. The van der Waals surface area contributed by atoms with E-state index in [1.165, 1.54) is 10.8 Å². The van der Waals surface area contributed by atoms with Gasteiger partial charge in [-0.2, -0.15) is 0 Å². The lowest BCUT2D eigenvalue weighted by molar-refractivity contribution is 0.350. The molecule has 1 aromatic carbocycles. The molecule has 0 spiro atoms. The van der Waals surface area contributed by atoms with Crippen LogP contribution in [0.4, 0.5) is 5.82 Å². The number of aryl methyl sites for hydroxylation is 1. The first-order valence-corrected chi connectivity index (χ1v) is 9.25. The van der Waals surface area contributed by atoms with E-state index in [0.29, 0.717) is 5.92 Å². The molecule has 5 nitrogen and oxygen atoms in total. The lowest BCUT2D eigenvalue weighted by atomic mass is 9.96. The van der Waals surface area contributed by atoms with Gasteiger partial charge in [0.2, 0.25) is 0 Å². The standard InChI is InChI=1S/C21H24N4O/c1-15-16(2)23-14-25(21(15)26)13-17-8-11-24(12-9-17)20-19-6-4-3-5-18(19)7-10-22-20/h3-7,10,14,17H,8-9,11-13H2,1-2H3. The summed E-state index contributed by atoms with van der Waals surface area (Å²) in [4.78, 5) is 23.8. The number of anilines is 1. The first-order valence-electron chi connectivity index (χ1n) is 9.25. The summed E-state index contributed by atoms with van der Waals surface area (Å²) < 4.78 is 1.78. The highest BCUT2D eigenvalue weighted by atomic mass is 16.1. The van der Waals surface area contributed by atoms with Crippen molar-refractivity contribution in [1.82, 2.24) is 14.5 Å². The van der Waals surface area contributed by atoms with Crippen LogP contribution in [0.1, 0.15) is 24.1 Å². The van der Waals surface area contributed by atoms with Gasteiger partial charge in [0, 0.05) is 42.5 Å². The molecule has 3 aromatic rings. The summed E-state index contributed by atoms with van der Waals surface area (Å²) in [7, 11) is 0. The highest BCUT2D eigenvalue weighted by Crippen LogP contribution is 2.28. The zero-order valence-corrected chi connectivity index (χ0v) is 15.4. The molecule has 1 saturated heterocycles.